The van der Waals surface area contributed by atoms with Crippen molar-refractivity contribution in [3.63, 3.8) is 0 Å². The number of benzene rings is 1. The van der Waals surface area contributed by atoms with Gasteiger partial charge in [-0.15, -0.1) is 0 Å². The molecule has 0 heterocycles. The van der Waals surface area contributed by atoms with Gasteiger partial charge >= 0.3 is 5.97 Å². The lowest BCUT2D eigenvalue weighted by molar-refractivity contribution is -0.139. The summed E-state index contributed by atoms with van der Waals surface area (Å²) < 4.78 is 5.05. The van der Waals surface area contributed by atoms with Gasteiger partial charge in [0.05, 0.1) is 0 Å². The van der Waals surface area contributed by atoms with Crippen LogP contribution in [0.25, 0.3) is 0 Å². The minimum absolute atomic E-state index is 0.0106. The van der Waals surface area contributed by atoms with Crippen molar-refractivity contribution in [2.45, 2.75) is 12.8 Å². The average molecular weight is 261 g/mol. The van der Waals surface area contributed by atoms with Crippen LogP contribution in [0.3, 0.4) is 0 Å². The SMILES string of the molecule is O=C(O)COc1cccc(NC(=O)C2CC=CC2)c1. The fourth-order valence-electron chi connectivity index (χ4n) is 1.88. The highest BCUT2D eigenvalue weighted by Crippen LogP contribution is 2.22. The van der Waals surface area contributed by atoms with Crippen molar-refractivity contribution in [1.29, 1.82) is 0 Å². The molecule has 0 aliphatic heterocycles. The summed E-state index contributed by atoms with van der Waals surface area (Å²) in [7, 11) is 0. The van der Waals surface area contributed by atoms with Gasteiger partial charge < -0.3 is 15.2 Å². The molecule has 0 saturated heterocycles. The third kappa shape index (κ3) is 3.84. The van der Waals surface area contributed by atoms with Gasteiger partial charge in [-0.2, -0.15) is 0 Å². The van der Waals surface area contributed by atoms with E-state index in [0.717, 1.165) is 12.8 Å². The van der Waals surface area contributed by atoms with Crippen LogP contribution in [-0.4, -0.2) is 23.6 Å². The molecular weight excluding hydrogens is 246 g/mol. The smallest absolute Gasteiger partial charge is 0.341 e. The van der Waals surface area contributed by atoms with E-state index in [1.54, 1.807) is 24.3 Å². The second kappa shape index (κ2) is 6.04. The zero-order chi connectivity index (χ0) is 13.7. The van der Waals surface area contributed by atoms with Crippen LogP contribution in [-0.2, 0) is 9.59 Å². The number of allylic oxidation sites excluding steroid dienone is 2. The van der Waals surface area contributed by atoms with Crippen LogP contribution in [0.15, 0.2) is 36.4 Å². The predicted octanol–water partition coefficient (Wildman–Crippen LogP) is 2.05. The van der Waals surface area contributed by atoms with Crippen LogP contribution in [0.1, 0.15) is 12.8 Å². The number of hydrogen-bond donors (Lipinski definition) is 2. The Morgan fingerprint density at radius 2 is 2.05 bits per heavy atom. The molecule has 2 rings (SSSR count). The van der Waals surface area contributed by atoms with E-state index in [2.05, 4.69) is 5.32 Å². The Bertz CT molecular complexity index is 502. The molecule has 0 radical (unpaired) electrons. The number of ether oxygens (including phenoxy) is 1. The molecule has 5 nitrogen and oxygen atoms in total. The van der Waals surface area contributed by atoms with E-state index in [0.29, 0.717) is 11.4 Å². The highest BCUT2D eigenvalue weighted by atomic mass is 16.5. The van der Waals surface area contributed by atoms with Gasteiger partial charge in [0.25, 0.3) is 0 Å². The predicted molar refractivity (Wildman–Crippen MR) is 70.1 cm³/mol. The van der Waals surface area contributed by atoms with Crippen LogP contribution in [0.5, 0.6) is 5.75 Å². The van der Waals surface area contributed by atoms with Crippen molar-refractivity contribution < 1.29 is 19.4 Å². The lowest BCUT2D eigenvalue weighted by atomic mass is 10.1. The molecule has 0 unspecified atom stereocenters. The molecule has 1 aliphatic rings. The number of hydrogen-bond acceptors (Lipinski definition) is 3. The molecule has 1 aromatic carbocycles. The molecule has 0 bridgehead atoms. The van der Waals surface area contributed by atoms with Crippen LogP contribution in [0.4, 0.5) is 5.69 Å². The number of anilines is 1. The molecule has 100 valence electrons. The van der Waals surface area contributed by atoms with Crippen LogP contribution >= 0.6 is 0 Å². The molecule has 0 fully saturated rings. The van der Waals surface area contributed by atoms with E-state index in [1.165, 1.54) is 0 Å². The summed E-state index contributed by atoms with van der Waals surface area (Å²) in [6, 6.07) is 6.71. The number of rotatable bonds is 5. The van der Waals surface area contributed by atoms with Crippen molar-refractivity contribution >= 4 is 17.6 Å². The molecule has 1 aliphatic carbocycles. The number of nitrogens with one attached hydrogen (secondary N) is 1. The van der Waals surface area contributed by atoms with E-state index in [-0.39, 0.29) is 11.8 Å². The number of carboxylic acid groups (broad SMARTS) is 1. The standard InChI is InChI=1S/C14H15NO4/c16-13(17)9-19-12-7-3-6-11(8-12)15-14(18)10-4-1-2-5-10/h1-3,6-8,10H,4-5,9H2,(H,15,18)(H,16,17). The van der Waals surface area contributed by atoms with E-state index in [1.807, 2.05) is 12.2 Å². The number of carboxylic acids is 1. The average Bonchev–Trinajstić information content (AvgIpc) is 2.91. The second-order valence-electron chi connectivity index (χ2n) is 4.34. The molecule has 5 heteroatoms. The Morgan fingerprint density at radius 1 is 1.32 bits per heavy atom. The minimum Gasteiger partial charge on any atom is -0.482 e. The van der Waals surface area contributed by atoms with Gasteiger partial charge in [0.2, 0.25) is 5.91 Å². The van der Waals surface area contributed by atoms with Gasteiger partial charge in [-0.25, -0.2) is 4.79 Å². The van der Waals surface area contributed by atoms with E-state index < -0.39 is 12.6 Å². The molecule has 0 atom stereocenters. The van der Waals surface area contributed by atoms with Crippen molar-refractivity contribution in [2.24, 2.45) is 5.92 Å². The monoisotopic (exact) mass is 261 g/mol. The first kappa shape index (κ1) is 13.1. The maximum atomic E-state index is 11.9. The Morgan fingerprint density at radius 3 is 2.74 bits per heavy atom. The first-order valence-electron chi connectivity index (χ1n) is 6.05. The maximum Gasteiger partial charge on any atom is 0.341 e. The molecule has 1 aromatic rings. The highest BCUT2D eigenvalue weighted by molar-refractivity contribution is 5.93. The third-order valence-corrected chi connectivity index (χ3v) is 2.84. The number of aliphatic carboxylic acids is 1. The molecule has 19 heavy (non-hydrogen) atoms. The molecule has 0 saturated carbocycles. The van der Waals surface area contributed by atoms with Gasteiger partial charge in [-0.1, -0.05) is 18.2 Å². The van der Waals surface area contributed by atoms with Crippen LogP contribution in [0, 0.1) is 5.92 Å². The van der Waals surface area contributed by atoms with Gasteiger partial charge in [-0.05, 0) is 25.0 Å². The Kier molecular flexibility index (Phi) is 4.18. The maximum absolute atomic E-state index is 11.9. The number of carbonyl (C=O) groups excluding carboxylic acids is 1. The van der Waals surface area contributed by atoms with Crippen molar-refractivity contribution in [2.75, 3.05) is 11.9 Å². The van der Waals surface area contributed by atoms with E-state index in [9.17, 15) is 9.59 Å². The van der Waals surface area contributed by atoms with E-state index >= 15 is 0 Å². The summed E-state index contributed by atoms with van der Waals surface area (Å²) in [5, 5.41) is 11.3. The van der Waals surface area contributed by atoms with Crippen molar-refractivity contribution in [3.05, 3.63) is 36.4 Å². The molecular formula is C14H15NO4. The fourth-order valence-corrected chi connectivity index (χ4v) is 1.88. The van der Waals surface area contributed by atoms with E-state index in [4.69, 9.17) is 9.84 Å². The lowest BCUT2D eigenvalue weighted by Crippen LogP contribution is -2.20. The topological polar surface area (TPSA) is 75.6 Å². The van der Waals surface area contributed by atoms with Crippen LogP contribution in [0.2, 0.25) is 0 Å². The fraction of sp³-hybridized carbons (Fsp3) is 0.286. The van der Waals surface area contributed by atoms with Gasteiger partial charge in [0.1, 0.15) is 5.75 Å². The number of carbonyl (C=O) groups is 2. The summed E-state index contributed by atoms with van der Waals surface area (Å²) in [6.45, 7) is -0.399. The zero-order valence-corrected chi connectivity index (χ0v) is 10.3. The molecule has 0 aromatic heterocycles. The van der Waals surface area contributed by atoms with Crippen LogP contribution < -0.4 is 10.1 Å². The van der Waals surface area contributed by atoms with Crippen molar-refractivity contribution in [1.82, 2.24) is 0 Å². The van der Waals surface area contributed by atoms with Crippen molar-refractivity contribution in [3.8, 4) is 5.75 Å². The number of amides is 1. The zero-order valence-electron chi connectivity index (χ0n) is 10.3. The summed E-state index contributed by atoms with van der Waals surface area (Å²) >= 11 is 0. The normalized spacial score (nSPS) is 14.3. The summed E-state index contributed by atoms with van der Waals surface area (Å²) in [6.07, 6.45) is 5.52. The molecule has 2 N–H and O–H groups in total. The molecule has 0 spiro atoms. The van der Waals surface area contributed by atoms with Gasteiger partial charge in [-0.3, -0.25) is 4.79 Å². The third-order valence-electron chi connectivity index (χ3n) is 2.84. The lowest BCUT2D eigenvalue weighted by Gasteiger charge is -2.11. The second-order valence-corrected chi connectivity index (χ2v) is 4.34. The summed E-state index contributed by atoms with van der Waals surface area (Å²) in [5.74, 6) is -0.653. The van der Waals surface area contributed by atoms with Gasteiger partial charge in [0, 0.05) is 17.7 Å². The Balaban J connectivity index is 1.94. The Labute approximate surface area is 110 Å². The Hall–Kier alpha value is -2.30. The quantitative estimate of drug-likeness (QED) is 0.795. The highest BCUT2D eigenvalue weighted by Gasteiger charge is 2.19. The minimum atomic E-state index is -1.04. The summed E-state index contributed by atoms with van der Waals surface area (Å²) in [4.78, 5) is 22.3. The van der Waals surface area contributed by atoms with Gasteiger partial charge in [0.15, 0.2) is 6.61 Å². The summed E-state index contributed by atoms with van der Waals surface area (Å²) in [5.41, 5.74) is 0.611. The largest absolute Gasteiger partial charge is 0.482 e. The molecule has 1 amide bonds. The first-order valence-corrected chi connectivity index (χ1v) is 6.05. The first-order chi connectivity index (χ1) is 9.15.